The van der Waals surface area contributed by atoms with Crippen molar-refractivity contribution in [3.8, 4) is 11.6 Å². The molecule has 1 aliphatic heterocycles. The molecule has 2 aromatic heterocycles. The third kappa shape index (κ3) is 5.63. The van der Waals surface area contributed by atoms with E-state index in [1.54, 1.807) is 6.20 Å². The molecule has 8 heteroatoms. The van der Waals surface area contributed by atoms with Crippen molar-refractivity contribution in [1.29, 1.82) is 0 Å². The molecule has 0 radical (unpaired) electrons. The Balaban J connectivity index is 1.42. The third-order valence-corrected chi connectivity index (χ3v) is 5.76. The molecular weight excluding hydrogens is 416 g/mol. The lowest BCUT2D eigenvalue weighted by atomic mass is 10.1. The number of oxime groups is 1. The number of hydrogen-bond acceptors (Lipinski definition) is 8. The van der Waals surface area contributed by atoms with Gasteiger partial charge in [0.15, 0.2) is 0 Å². The zero-order valence-corrected chi connectivity index (χ0v) is 19.7. The second-order valence-electron chi connectivity index (χ2n) is 8.33. The van der Waals surface area contributed by atoms with Gasteiger partial charge in [-0.1, -0.05) is 18.1 Å². The van der Waals surface area contributed by atoms with Crippen LogP contribution in [0.5, 0.6) is 11.6 Å². The molecule has 172 valence electrons. The fraction of sp³-hybridized carbons (Fsp3) is 0.400. The third-order valence-electron chi connectivity index (χ3n) is 5.76. The Hall–Kier alpha value is -3.55. The molecular formula is C25H30N6O2. The minimum Gasteiger partial charge on any atom is -0.490 e. The van der Waals surface area contributed by atoms with E-state index in [0.717, 1.165) is 72.0 Å². The summed E-state index contributed by atoms with van der Waals surface area (Å²) in [6.45, 7) is 9.69. The average molecular weight is 447 g/mol. The molecule has 8 nitrogen and oxygen atoms in total. The summed E-state index contributed by atoms with van der Waals surface area (Å²) in [5.41, 5.74) is 4.75. The van der Waals surface area contributed by atoms with Gasteiger partial charge in [-0.15, -0.1) is 0 Å². The minimum absolute atomic E-state index is 0.120. The molecule has 3 heterocycles. The van der Waals surface area contributed by atoms with Gasteiger partial charge in [0.1, 0.15) is 18.2 Å². The lowest BCUT2D eigenvalue weighted by molar-refractivity contribution is 0.170. The number of aromatic nitrogens is 4. The number of hydrogen-bond donors (Lipinski definition) is 0. The Morgan fingerprint density at radius 1 is 1.09 bits per heavy atom. The van der Waals surface area contributed by atoms with Gasteiger partial charge in [0.05, 0.1) is 5.71 Å². The summed E-state index contributed by atoms with van der Waals surface area (Å²) in [7, 11) is 0. The number of anilines is 1. The Bertz CT molecular complexity index is 1110. The minimum atomic E-state index is 0.120. The predicted octanol–water partition coefficient (Wildman–Crippen LogP) is 4.30. The molecule has 0 spiro atoms. The molecule has 3 aromatic rings. The van der Waals surface area contributed by atoms with Gasteiger partial charge < -0.3 is 14.5 Å². The number of rotatable bonds is 7. The zero-order valence-electron chi connectivity index (χ0n) is 19.7. The number of aryl methyl sites for hydroxylation is 3. The first-order valence-electron chi connectivity index (χ1n) is 11.3. The van der Waals surface area contributed by atoms with Crippen molar-refractivity contribution in [1.82, 2.24) is 19.9 Å². The zero-order chi connectivity index (χ0) is 23.2. The second kappa shape index (κ2) is 10.4. The molecule has 1 aromatic carbocycles. The smallest absolute Gasteiger partial charge is 0.254 e. The van der Waals surface area contributed by atoms with Crippen LogP contribution < -0.4 is 14.5 Å². The van der Waals surface area contributed by atoms with E-state index in [2.05, 4.69) is 56.0 Å². The van der Waals surface area contributed by atoms with Gasteiger partial charge in [0, 0.05) is 55.6 Å². The molecule has 1 fully saturated rings. The van der Waals surface area contributed by atoms with Crippen LogP contribution in [0.2, 0.25) is 0 Å². The highest BCUT2D eigenvalue weighted by Crippen LogP contribution is 2.26. The van der Waals surface area contributed by atoms with Crippen molar-refractivity contribution in [3.05, 3.63) is 65.4 Å². The van der Waals surface area contributed by atoms with Crippen molar-refractivity contribution in [3.63, 3.8) is 0 Å². The van der Waals surface area contributed by atoms with Crippen LogP contribution in [0.3, 0.4) is 0 Å². The number of nitrogens with zero attached hydrogens (tertiary/aromatic N) is 6. The lowest BCUT2D eigenvalue weighted by Crippen LogP contribution is -2.39. The van der Waals surface area contributed by atoms with E-state index >= 15 is 0 Å². The summed E-state index contributed by atoms with van der Waals surface area (Å²) in [4.78, 5) is 24.9. The largest absolute Gasteiger partial charge is 0.490 e. The number of benzene rings is 1. The van der Waals surface area contributed by atoms with Crippen LogP contribution in [0, 0.1) is 13.8 Å². The van der Waals surface area contributed by atoms with E-state index < -0.39 is 0 Å². The van der Waals surface area contributed by atoms with Crippen LogP contribution in [0.4, 0.5) is 5.95 Å². The highest BCUT2D eigenvalue weighted by atomic mass is 16.6. The maximum absolute atomic E-state index is 6.46. The molecule has 0 atom stereocenters. The standard InChI is InChI=1S/C25H30N6O2/c1-5-20-14-27-25(28-15-20)31-10-8-21(9-11-31)32-23-12-17(2)6-7-22(23)19(4)30-33-24-18(3)13-26-16-29-24/h6-7,12-16,21H,5,8-11H2,1-4H3. The summed E-state index contributed by atoms with van der Waals surface area (Å²) in [5.74, 6) is 2.06. The SMILES string of the molecule is CCc1cnc(N2CCC(Oc3cc(C)ccc3C(C)=NOc3ncncc3C)CC2)nc1. The molecule has 33 heavy (non-hydrogen) atoms. The van der Waals surface area contributed by atoms with Gasteiger partial charge in [0.25, 0.3) is 5.88 Å². The maximum Gasteiger partial charge on any atom is 0.254 e. The highest BCUT2D eigenvalue weighted by Gasteiger charge is 2.23. The van der Waals surface area contributed by atoms with Crippen molar-refractivity contribution in [2.24, 2.45) is 5.16 Å². The lowest BCUT2D eigenvalue weighted by Gasteiger charge is -2.32. The van der Waals surface area contributed by atoms with E-state index in [0.29, 0.717) is 5.88 Å². The molecule has 0 N–H and O–H groups in total. The van der Waals surface area contributed by atoms with Crippen LogP contribution in [0.1, 0.15) is 48.9 Å². The number of piperidine rings is 1. The van der Waals surface area contributed by atoms with Crippen molar-refractivity contribution < 1.29 is 9.57 Å². The Morgan fingerprint density at radius 2 is 1.85 bits per heavy atom. The van der Waals surface area contributed by atoms with Crippen LogP contribution >= 0.6 is 0 Å². The molecule has 0 bridgehead atoms. The van der Waals surface area contributed by atoms with Gasteiger partial charge in [-0.05, 0) is 50.5 Å². The van der Waals surface area contributed by atoms with Crippen molar-refractivity contribution >= 4 is 11.7 Å². The first-order valence-corrected chi connectivity index (χ1v) is 11.3. The van der Waals surface area contributed by atoms with Crippen molar-refractivity contribution in [2.75, 3.05) is 18.0 Å². The predicted molar refractivity (Wildman–Crippen MR) is 128 cm³/mol. The summed E-state index contributed by atoms with van der Waals surface area (Å²) in [6, 6.07) is 6.14. The summed E-state index contributed by atoms with van der Waals surface area (Å²) in [5, 5.41) is 4.30. The van der Waals surface area contributed by atoms with Crippen LogP contribution in [-0.4, -0.2) is 44.8 Å². The summed E-state index contributed by atoms with van der Waals surface area (Å²) < 4.78 is 6.46. The Morgan fingerprint density at radius 3 is 2.55 bits per heavy atom. The molecule has 0 saturated carbocycles. The van der Waals surface area contributed by atoms with Crippen LogP contribution in [0.15, 0.2) is 48.3 Å². The molecule has 0 aliphatic carbocycles. The average Bonchev–Trinajstić information content (AvgIpc) is 2.84. The van der Waals surface area contributed by atoms with Crippen LogP contribution in [-0.2, 0) is 6.42 Å². The second-order valence-corrected chi connectivity index (χ2v) is 8.33. The summed E-state index contributed by atoms with van der Waals surface area (Å²) in [6.07, 6.45) is 9.84. The molecule has 4 rings (SSSR count). The fourth-order valence-corrected chi connectivity index (χ4v) is 3.72. The van der Waals surface area contributed by atoms with Crippen LogP contribution in [0.25, 0.3) is 0 Å². The Labute approximate surface area is 194 Å². The van der Waals surface area contributed by atoms with E-state index in [-0.39, 0.29) is 6.10 Å². The van der Waals surface area contributed by atoms with Gasteiger partial charge in [-0.2, -0.15) is 4.98 Å². The van der Waals surface area contributed by atoms with Gasteiger partial charge >= 0.3 is 0 Å². The van der Waals surface area contributed by atoms with E-state index in [9.17, 15) is 0 Å². The van der Waals surface area contributed by atoms with E-state index in [1.807, 2.05) is 32.3 Å². The quantitative estimate of drug-likeness (QED) is 0.395. The first-order chi connectivity index (χ1) is 16.0. The fourth-order valence-electron chi connectivity index (χ4n) is 3.72. The first kappa shape index (κ1) is 22.6. The van der Waals surface area contributed by atoms with E-state index in [4.69, 9.17) is 9.57 Å². The van der Waals surface area contributed by atoms with E-state index in [1.165, 1.54) is 6.33 Å². The normalized spacial score (nSPS) is 14.9. The topological polar surface area (TPSA) is 85.6 Å². The molecule has 0 amide bonds. The van der Waals surface area contributed by atoms with Crippen molar-refractivity contribution in [2.45, 2.75) is 53.1 Å². The summed E-state index contributed by atoms with van der Waals surface area (Å²) >= 11 is 0. The van der Waals surface area contributed by atoms with Gasteiger partial charge in [0.2, 0.25) is 5.95 Å². The molecule has 1 saturated heterocycles. The van der Waals surface area contributed by atoms with Gasteiger partial charge in [-0.25, -0.2) is 15.0 Å². The molecule has 0 unspecified atom stereocenters. The van der Waals surface area contributed by atoms with Gasteiger partial charge in [-0.3, -0.25) is 0 Å². The Kier molecular flexibility index (Phi) is 7.12. The highest BCUT2D eigenvalue weighted by molar-refractivity contribution is 6.00. The molecule has 1 aliphatic rings. The monoisotopic (exact) mass is 446 g/mol. The maximum atomic E-state index is 6.46. The number of ether oxygens (including phenoxy) is 1.